The lowest BCUT2D eigenvalue weighted by atomic mass is 9.62. The van der Waals surface area contributed by atoms with Crippen molar-refractivity contribution in [3.05, 3.63) is 12.2 Å². The topological polar surface area (TPSA) is 86.7 Å². The van der Waals surface area contributed by atoms with Crippen molar-refractivity contribution < 1.29 is 28.7 Å². The molecular weight excluding hydrogens is 312 g/mol. The molecular formula is C18H24O6. The molecule has 4 atom stereocenters. The van der Waals surface area contributed by atoms with Crippen LogP contribution in [0.2, 0.25) is 0 Å². The lowest BCUT2D eigenvalue weighted by molar-refractivity contribution is -0.160. The third-order valence-corrected chi connectivity index (χ3v) is 5.57. The van der Waals surface area contributed by atoms with E-state index in [1.165, 1.54) is 14.2 Å². The van der Waals surface area contributed by atoms with Crippen LogP contribution < -0.4 is 0 Å². The number of Topliss-reactive ketones (excluding diaryl/α,β-unsaturated/α-hetero) is 2. The summed E-state index contributed by atoms with van der Waals surface area (Å²) in [5, 5.41) is 0. The molecule has 0 aromatic carbocycles. The molecule has 6 nitrogen and oxygen atoms in total. The van der Waals surface area contributed by atoms with Crippen molar-refractivity contribution in [3.63, 3.8) is 0 Å². The van der Waals surface area contributed by atoms with Gasteiger partial charge < -0.3 is 9.47 Å². The highest BCUT2D eigenvalue weighted by Crippen LogP contribution is 2.44. The van der Waals surface area contributed by atoms with E-state index in [1.807, 2.05) is 6.08 Å². The minimum absolute atomic E-state index is 0.129. The number of allylic oxidation sites excluding steroid dienone is 2. The van der Waals surface area contributed by atoms with Crippen LogP contribution in [-0.2, 0) is 28.7 Å². The summed E-state index contributed by atoms with van der Waals surface area (Å²) in [6, 6.07) is 0. The summed E-state index contributed by atoms with van der Waals surface area (Å²) in [6.07, 6.45) is 4.91. The van der Waals surface area contributed by atoms with E-state index in [4.69, 9.17) is 9.47 Å². The molecule has 2 rings (SSSR count). The second kappa shape index (κ2) is 6.49. The average molecular weight is 336 g/mol. The predicted octanol–water partition coefficient (Wildman–Crippen LogP) is 1.86. The maximum absolute atomic E-state index is 12.8. The van der Waals surface area contributed by atoms with Crippen molar-refractivity contribution in [1.82, 2.24) is 0 Å². The zero-order valence-electron chi connectivity index (χ0n) is 14.6. The summed E-state index contributed by atoms with van der Waals surface area (Å²) >= 11 is 0. The number of esters is 2. The van der Waals surface area contributed by atoms with Crippen molar-refractivity contribution >= 4 is 23.5 Å². The van der Waals surface area contributed by atoms with Gasteiger partial charge in [0.2, 0.25) is 0 Å². The fraction of sp³-hybridized carbons (Fsp3) is 0.667. The molecule has 1 saturated carbocycles. The van der Waals surface area contributed by atoms with E-state index in [2.05, 4.69) is 0 Å². The van der Waals surface area contributed by atoms with Crippen molar-refractivity contribution in [2.45, 2.75) is 39.5 Å². The SMILES string of the molecule is COC(=O)C1(C)CCC(C2C=CCC(C)(C(=O)OC)C2=O)CC1=O. The standard InChI is InChI=1S/C18H24O6/c1-17(15(21)23-3)9-7-11(10-13(17)19)12-6-5-8-18(2,14(12)20)16(22)24-4/h5-6,11-12H,7-10H2,1-4H3. The normalized spacial score (nSPS) is 36.3. The number of ketones is 2. The first kappa shape index (κ1) is 18.4. The Labute approximate surface area is 141 Å². The van der Waals surface area contributed by atoms with Gasteiger partial charge in [-0.05, 0) is 39.0 Å². The number of methoxy groups -OCH3 is 2. The van der Waals surface area contributed by atoms with Gasteiger partial charge in [0.15, 0.2) is 5.78 Å². The smallest absolute Gasteiger partial charge is 0.319 e. The number of hydrogen-bond acceptors (Lipinski definition) is 6. The molecule has 0 radical (unpaired) electrons. The van der Waals surface area contributed by atoms with Crippen molar-refractivity contribution in [3.8, 4) is 0 Å². The van der Waals surface area contributed by atoms with Crippen molar-refractivity contribution in [2.75, 3.05) is 14.2 Å². The summed E-state index contributed by atoms with van der Waals surface area (Å²) in [5.74, 6) is -2.22. The predicted molar refractivity (Wildman–Crippen MR) is 84.8 cm³/mol. The molecule has 0 heterocycles. The van der Waals surface area contributed by atoms with Gasteiger partial charge in [-0.25, -0.2) is 0 Å². The highest BCUT2D eigenvalue weighted by atomic mass is 16.5. The van der Waals surface area contributed by atoms with Gasteiger partial charge in [-0.3, -0.25) is 19.2 Å². The van der Waals surface area contributed by atoms with Crippen LogP contribution in [0.4, 0.5) is 0 Å². The summed E-state index contributed by atoms with van der Waals surface area (Å²) in [7, 11) is 2.53. The number of hydrogen-bond donors (Lipinski definition) is 0. The van der Waals surface area contributed by atoms with Gasteiger partial charge in [0.1, 0.15) is 16.6 Å². The van der Waals surface area contributed by atoms with Crippen LogP contribution in [0.25, 0.3) is 0 Å². The van der Waals surface area contributed by atoms with Crippen LogP contribution in [-0.4, -0.2) is 37.7 Å². The van der Waals surface area contributed by atoms with Crippen LogP contribution >= 0.6 is 0 Å². The zero-order chi connectivity index (χ0) is 18.1. The third-order valence-electron chi connectivity index (χ3n) is 5.57. The van der Waals surface area contributed by atoms with E-state index < -0.39 is 28.7 Å². The number of carbonyl (C=O) groups is 4. The second-order valence-corrected chi connectivity index (χ2v) is 7.10. The number of carbonyl (C=O) groups excluding carboxylic acids is 4. The lowest BCUT2D eigenvalue weighted by Gasteiger charge is -2.39. The number of rotatable bonds is 3. The Bertz CT molecular complexity index is 607. The Hall–Kier alpha value is -1.98. The minimum atomic E-state index is -1.21. The van der Waals surface area contributed by atoms with E-state index in [0.29, 0.717) is 19.3 Å². The highest BCUT2D eigenvalue weighted by Gasteiger charge is 2.52. The van der Waals surface area contributed by atoms with Gasteiger partial charge in [0.05, 0.1) is 14.2 Å². The molecule has 2 aliphatic carbocycles. The van der Waals surface area contributed by atoms with Gasteiger partial charge in [-0.2, -0.15) is 0 Å². The summed E-state index contributed by atoms with van der Waals surface area (Å²) in [4.78, 5) is 49.3. The quantitative estimate of drug-likeness (QED) is 0.444. The lowest BCUT2D eigenvalue weighted by Crippen LogP contribution is -2.48. The molecule has 6 heteroatoms. The van der Waals surface area contributed by atoms with Gasteiger partial charge in [-0.1, -0.05) is 12.2 Å². The van der Waals surface area contributed by atoms with Gasteiger partial charge in [0.25, 0.3) is 0 Å². The monoisotopic (exact) mass is 336 g/mol. The zero-order valence-corrected chi connectivity index (χ0v) is 14.6. The third kappa shape index (κ3) is 2.78. The Morgan fingerprint density at radius 2 is 1.67 bits per heavy atom. The molecule has 0 saturated heterocycles. The minimum Gasteiger partial charge on any atom is -0.468 e. The van der Waals surface area contributed by atoms with Crippen molar-refractivity contribution in [1.29, 1.82) is 0 Å². The molecule has 0 spiro atoms. The van der Waals surface area contributed by atoms with Crippen LogP contribution in [0.3, 0.4) is 0 Å². The molecule has 24 heavy (non-hydrogen) atoms. The molecule has 0 aliphatic heterocycles. The Morgan fingerprint density at radius 1 is 1.08 bits per heavy atom. The number of ether oxygens (including phenoxy) is 2. The first-order chi connectivity index (χ1) is 11.2. The van der Waals surface area contributed by atoms with Crippen LogP contribution in [0, 0.1) is 22.7 Å². The van der Waals surface area contributed by atoms with Gasteiger partial charge in [-0.15, -0.1) is 0 Å². The van der Waals surface area contributed by atoms with Crippen molar-refractivity contribution in [2.24, 2.45) is 22.7 Å². The fourth-order valence-electron chi connectivity index (χ4n) is 3.71. The summed E-state index contributed by atoms with van der Waals surface area (Å²) < 4.78 is 9.52. The van der Waals surface area contributed by atoms with Gasteiger partial charge in [0, 0.05) is 12.3 Å². The maximum Gasteiger partial charge on any atom is 0.319 e. The van der Waals surface area contributed by atoms with E-state index in [1.54, 1.807) is 19.9 Å². The molecule has 0 bridgehead atoms. The van der Waals surface area contributed by atoms with Crippen LogP contribution in [0.15, 0.2) is 12.2 Å². The van der Waals surface area contributed by atoms with E-state index in [-0.39, 0.29) is 23.9 Å². The summed E-state index contributed by atoms with van der Waals surface area (Å²) in [5.41, 5.74) is -2.35. The van der Waals surface area contributed by atoms with E-state index >= 15 is 0 Å². The molecule has 0 N–H and O–H groups in total. The van der Waals surface area contributed by atoms with E-state index in [9.17, 15) is 19.2 Å². The molecule has 4 unspecified atom stereocenters. The second-order valence-electron chi connectivity index (χ2n) is 7.10. The molecule has 2 aliphatic rings. The maximum atomic E-state index is 12.8. The highest BCUT2D eigenvalue weighted by molar-refractivity contribution is 6.07. The average Bonchev–Trinajstić information content (AvgIpc) is 2.58. The molecule has 132 valence electrons. The van der Waals surface area contributed by atoms with E-state index in [0.717, 1.165) is 0 Å². The molecule has 0 amide bonds. The molecule has 1 fully saturated rings. The largest absolute Gasteiger partial charge is 0.468 e. The van der Waals surface area contributed by atoms with Crippen LogP contribution in [0.5, 0.6) is 0 Å². The summed E-state index contributed by atoms with van der Waals surface area (Å²) in [6.45, 7) is 3.18. The van der Waals surface area contributed by atoms with Gasteiger partial charge >= 0.3 is 11.9 Å². The first-order valence-electron chi connectivity index (χ1n) is 8.12. The molecule has 0 aromatic heterocycles. The Balaban J connectivity index is 2.20. The Kier molecular flexibility index (Phi) is 4.97. The Morgan fingerprint density at radius 3 is 2.21 bits per heavy atom. The first-order valence-corrected chi connectivity index (χ1v) is 8.12. The molecule has 0 aromatic rings. The fourth-order valence-corrected chi connectivity index (χ4v) is 3.71. The van der Waals surface area contributed by atoms with Crippen LogP contribution in [0.1, 0.15) is 39.5 Å².